The summed E-state index contributed by atoms with van der Waals surface area (Å²) in [6, 6.07) is 13.7. The molecule has 0 aliphatic heterocycles. The lowest BCUT2D eigenvalue weighted by molar-refractivity contribution is 0.0585. The molecule has 200 valence electrons. The van der Waals surface area contributed by atoms with Crippen molar-refractivity contribution in [2.45, 2.75) is 0 Å². The summed E-state index contributed by atoms with van der Waals surface area (Å²) < 4.78 is 12.9. The third-order valence-electron chi connectivity index (χ3n) is 5.37. The summed E-state index contributed by atoms with van der Waals surface area (Å²) in [6.07, 6.45) is 5.09. The summed E-state index contributed by atoms with van der Waals surface area (Å²) in [5.74, 6) is -1.34. The molecule has 4 rings (SSSR count). The van der Waals surface area contributed by atoms with Gasteiger partial charge in [0.25, 0.3) is 0 Å². The van der Waals surface area contributed by atoms with Gasteiger partial charge in [0.05, 0.1) is 25.6 Å². The molecule has 2 aromatic carbocycles. The first-order valence-electron chi connectivity index (χ1n) is 11.4. The molecule has 11 nitrogen and oxygen atoms in total. The van der Waals surface area contributed by atoms with E-state index in [0.717, 1.165) is 0 Å². The van der Waals surface area contributed by atoms with E-state index in [1.165, 1.54) is 23.6 Å². The highest BCUT2D eigenvalue weighted by Crippen LogP contribution is 2.26. The Hall–Kier alpha value is -4.48. The summed E-state index contributed by atoms with van der Waals surface area (Å²) in [6.45, 7) is 0. The average molecular weight is 568 g/mol. The number of rotatable bonds is 8. The van der Waals surface area contributed by atoms with E-state index >= 15 is 0 Å². The molecule has 13 heteroatoms. The summed E-state index contributed by atoms with van der Waals surface area (Å²) in [4.78, 5) is 27.0. The Labute approximate surface area is 233 Å². The van der Waals surface area contributed by atoms with Gasteiger partial charge in [0, 0.05) is 35.9 Å². The highest BCUT2D eigenvalue weighted by molar-refractivity contribution is 6.30. The van der Waals surface area contributed by atoms with Gasteiger partial charge in [-0.25, -0.2) is 19.0 Å². The molecule has 0 N–H and O–H groups in total. The molecule has 0 saturated heterocycles. The molecule has 0 saturated carbocycles. The number of hydrogen-bond acceptors (Lipinski definition) is 9. The zero-order valence-electron chi connectivity index (χ0n) is 21.4. The zero-order valence-corrected chi connectivity index (χ0v) is 22.9. The summed E-state index contributed by atoms with van der Waals surface area (Å²) >= 11 is 12.1. The lowest BCUT2D eigenvalue weighted by Gasteiger charge is -2.13. The van der Waals surface area contributed by atoms with Crippen LogP contribution in [-0.2, 0) is 9.47 Å². The number of ether oxygens (including phenoxy) is 2. The number of carbonyl (C=O) groups is 2. The van der Waals surface area contributed by atoms with E-state index < -0.39 is 11.9 Å². The topological polar surface area (TPSA) is 117 Å². The molecule has 2 heterocycles. The standard InChI is InChI=1S/C26H23Cl2N7O4/c1-33(2)15-16(24-23(26(37)39-4)30-32-35(24)20-12-8-18(28)9-13-20)5-14-21-22(25(36)38-3)29-31-34(21)19-10-6-17(27)7-11-19/h5-15H,1-4H3/b14-5+,16-15+. The lowest BCUT2D eigenvalue weighted by atomic mass is 10.1. The molecule has 0 amide bonds. The fourth-order valence-corrected chi connectivity index (χ4v) is 3.87. The van der Waals surface area contributed by atoms with Crippen LogP contribution in [0.3, 0.4) is 0 Å². The minimum atomic E-state index is -0.675. The van der Waals surface area contributed by atoms with Crippen LogP contribution in [0.25, 0.3) is 23.0 Å². The predicted molar refractivity (Wildman–Crippen MR) is 146 cm³/mol. The van der Waals surface area contributed by atoms with Gasteiger partial charge in [-0.3, -0.25) is 0 Å². The smallest absolute Gasteiger partial charge is 0.360 e. The highest BCUT2D eigenvalue weighted by Gasteiger charge is 2.25. The van der Waals surface area contributed by atoms with Gasteiger partial charge in [-0.1, -0.05) is 33.6 Å². The first-order valence-corrected chi connectivity index (χ1v) is 12.2. The Balaban J connectivity index is 1.91. The van der Waals surface area contributed by atoms with Gasteiger partial charge < -0.3 is 14.4 Å². The van der Waals surface area contributed by atoms with Crippen LogP contribution in [0.1, 0.15) is 32.4 Å². The second kappa shape index (κ2) is 11.9. The monoisotopic (exact) mass is 567 g/mol. The van der Waals surface area contributed by atoms with Crippen molar-refractivity contribution in [2.75, 3.05) is 28.3 Å². The van der Waals surface area contributed by atoms with Gasteiger partial charge in [-0.05, 0) is 60.7 Å². The SMILES string of the molecule is COC(=O)c1nnn(-c2ccc(Cl)cc2)c1/C=C/C(=C\N(C)C)c1c(C(=O)OC)nnn1-c1ccc(Cl)cc1. The molecule has 2 aromatic heterocycles. The highest BCUT2D eigenvalue weighted by atomic mass is 35.5. The summed E-state index contributed by atoms with van der Waals surface area (Å²) in [7, 11) is 6.16. The van der Waals surface area contributed by atoms with Crippen LogP contribution in [0.2, 0.25) is 10.0 Å². The van der Waals surface area contributed by atoms with E-state index in [2.05, 4.69) is 20.6 Å². The molecule has 0 aliphatic carbocycles. The Kier molecular flexibility index (Phi) is 8.43. The normalized spacial score (nSPS) is 11.6. The maximum Gasteiger partial charge on any atom is 0.360 e. The number of aromatic nitrogens is 6. The van der Waals surface area contributed by atoms with E-state index in [0.29, 0.717) is 38.4 Å². The quantitative estimate of drug-likeness (QED) is 0.226. The van der Waals surface area contributed by atoms with E-state index in [4.69, 9.17) is 32.7 Å². The lowest BCUT2D eigenvalue weighted by Crippen LogP contribution is -2.10. The van der Waals surface area contributed by atoms with Crippen molar-refractivity contribution in [2.24, 2.45) is 0 Å². The van der Waals surface area contributed by atoms with Crippen LogP contribution in [0.4, 0.5) is 0 Å². The van der Waals surface area contributed by atoms with Crippen LogP contribution in [0.15, 0.2) is 60.8 Å². The van der Waals surface area contributed by atoms with Crippen LogP contribution < -0.4 is 0 Å². The van der Waals surface area contributed by atoms with Gasteiger partial charge in [0.1, 0.15) is 11.4 Å². The van der Waals surface area contributed by atoms with Gasteiger partial charge in [0.2, 0.25) is 0 Å². The van der Waals surface area contributed by atoms with E-state index in [1.807, 2.05) is 14.1 Å². The third kappa shape index (κ3) is 6.00. The summed E-state index contributed by atoms with van der Waals surface area (Å²) in [5, 5.41) is 17.5. The van der Waals surface area contributed by atoms with Crippen molar-refractivity contribution < 1.29 is 19.1 Å². The average Bonchev–Trinajstić information content (AvgIpc) is 3.56. The van der Waals surface area contributed by atoms with Crippen LogP contribution in [0.5, 0.6) is 0 Å². The first-order chi connectivity index (χ1) is 18.7. The number of benzene rings is 2. The van der Waals surface area contributed by atoms with Crippen molar-refractivity contribution in [1.29, 1.82) is 0 Å². The summed E-state index contributed by atoms with van der Waals surface area (Å²) in [5.41, 5.74) is 2.40. The number of allylic oxidation sites excluding steroid dienone is 2. The molecule has 0 fully saturated rings. The fourth-order valence-electron chi connectivity index (χ4n) is 3.62. The van der Waals surface area contributed by atoms with Gasteiger partial charge >= 0.3 is 11.9 Å². The molecule has 0 bridgehead atoms. The number of halogens is 2. The second-order valence-electron chi connectivity index (χ2n) is 8.25. The Morgan fingerprint density at radius 1 is 0.795 bits per heavy atom. The van der Waals surface area contributed by atoms with Crippen molar-refractivity contribution in [3.8, 4) is 11.4 Å². The van der Waals surface area contributed by atoms with Crippen LogP contribution in [0, 0.1) is 0 Å². The molecule has 0 aliphatic rings. The second-order valence-corrected chi connectivity index (χ2v) is 9.12. The first kappa shape index (κ1) is 27.6. The number of carbonyl (C=O) groups excluding carboxylic acids is 2. The minimum absolute atomic E-state index is 0.00886. The molecule has 0 atom stereocenters. The van der Waals surface area contributed by atoms with Crippen molar-refractivity contribution in [1.82, 2.24) is 34.9 Å². The van der Waals surface area contributed by atoms with Gasteiger partial charge in [-0.15, -0.1) is 10.2 Å². The largest absolute Gasteiger partial charge is 0.464 e. The van der Waals surface area contributed by atoms with Crippen molar-refractivity contribution >= 4 is 46.8 Å². The fraction of sp³-hybridized carbons (Fsp3) is 0.154. The van der Waals surface area contributed by atoms with Gasteiger partial charge in [0.15, 0.2) is 11.4 Å². The minimum Gasteiger partial charge on any atom is -0.464 e. The van der Waals surface area contributed by atoms with Gasteiger partial charge in [-0.2, -0.15) is 0 Å². The van der Waals surface area contributed by atoms with Crippen molar-refractivity contribution in [3.05, 3.63) is 93.6 Å². The third-order valence-corrected chi connectivity index (χ3v) is 5.87. The molecule has 39 heavy (non-hydrogen) atoms. The maximum atomic E-state index is 12.7. The van der Waals surface area contributed by atoms with E-state index in [-0.39, 0.29) is 11.4 Å². The Morgan fingerprint density at radius 2 is 1.28 bits per heavy atom. The number of methoxy groups -OCH3 is 2. The zero-order chi connectivity index (χ0) is 28.1. The predicted octanol–water partition coefficient (Wildman–Crippen LogP) is 4.34. The molecule has 0 unspecified atom stereocenters. The van der Waals surface area contributed by atoms with Crippen LogP contribution >= 0.6 is 23.2 Å². The number of hydrogen-bond donors (Lipinski definition) is 0. The number of esters is 2. The Bertz CT molecular complexity index is 1560. The molecule has 4 aromatic rings. The van der Waals surface area contributed by atoms with Crippen molar-refractivity contribution in [3.63, 3.8) is 0 Å². The maximum absolute atomic E-state index is 12.7. The molecule has 0 radical (unpaired) electrons. The number of nitrogens with zero attached hydrogens (tertiary/aromatic N) is 7. The van der Waals surface area contributed by atoms with E-state index in [9.17, 15) is 9.59 Å². The molecular weight excluding hydrogens is 545 g/mol. The van der Waals surface area contributed by atoms with E-state index in [1.54, 1.807) is 71.8 Å². The molecule has 0 spiro atoms. The Morgan fingerprint density at radius 3 is 1.82 bits per heavy atom. The van der Waals surface area contributed by atoms with Crippen LogP contribution in [-0.4, -0.2) is 75.1 Å². The molecular formula is C26H23Cl2N7O4.